The summed E-state index contributed by atoms with van der Waals surface area (Å²) in [7, 11) is 0. The highest BCUT2D eigenvalue weighted by atomic mass is 32.1. The third-order valence-corrected chi connectivity index (χ3v) is 9.75. The Morgan fingerprint density at radius 1 is 0.788 bits per heavy atom. The standard InChI is InChI=1S/C25H34N4OS.3C2HF3O2/c1-3-29-14-10-25(23(29)30)19-28(16-21-5-4-11-26-15-21)18-24(25)8-12-27(13-9-24)17-22-7-6-20(2)31-22;3*3-2(4,5)1(6)7/h4-7,11,15H,3,8-10,12-14,16-19H2,1-2H3;3*(H,6,7). The zero-order valence-electron chi connectivity index (χ0n) is 27.8. The number of piperidine rings is 1. The van der Waals surface area contributed by atoms with Crippen LogP contribution in [0.5, 0.6) is 0 Å². The summed E-state index contributed by atoms with van der Waals surface area (Å²) in [4.78, 5) is 54.8. The van der Waals surface area contributed by atoms with Gasteiger partial charge in [-0.15, -0.1) is 11.3 Å². The van der Waals surface area contributed by atoms with Crippen molar-refractivity contribution in [2.45, 2.75) is 64.7 Å². The predicted octanol–water partition coefficient (Wildman–Crippen LogP) is 5.69. The first-order valence-electron chi connectivity index (χ1n) is 15.5. The number of amides is 1. The van der Waals surface area contributed by atoms with Crippen molar-refractivity contribution in [2.75, 3.05) is 39.3 Å². The maximum absolute atomic E-state index is 13.7. The van der Waals surface area contributed by atoms with Gasteiger partial charge in [0.15, 0.2) is 0 Å². The fourth-order valence-corrected chi connectivity index (χ4v) is 7.32. The molecule has 11 nitrogen and oxygen atoms in total. The Bertz CT molecular complexity index is 1460. The molecule has 292 valence electrons. The first-order chi connectivity index (χ1) is 23.9. The van der Waals surface area contributed by atoms with Gasteiger partial charge in [-0.25, -0.2) is 14.4 Å². The third kappa shape index (κ3) is 12.0. The van der Waals surface area contributed by atoms with Gasteiger partial charge in [-0.3, -0.25) is 19.6 Å². The van der Waals surface area contributed by atoms with Crippen LogP contribution in [0.3, 0.4) is 0 Å². The molecule has 0 bridgehead atoms. The SMILES string of the molecule is CCN1CCC2(CN(Cc3cccnc3)CC23CCN(Cc2ccc(C)s2)CC3)C1=O.O=C(O)C(F)(F)F.O=C(O)C(F)(F)F.O=C(O)C(F)(F)F. The van der Waals surface area contributed by atoms with Crippen molar-refractivity contribution in [3.8, 4) is 0 Å². The first kappa shape index (κ1) is 44.2. The van der Waals surface area contributed by atoms with E-state index >= 15 is 0 Å². The summed E-state index contributed by atoms with van der Waals surface area (Å²) in [5.41, 5.74) is 1.16. The number of hydrogen-bond acceptors (Lipinski definition) is 8. The van der Waals surface area contributed by atoms with Crippen LogP contribution in [0.15, 0.2) is 36.7 Å². The van der Waals surface area contributed by atoms with Crippen LogP contribution in [0.1, 0.15) is 41.5 Å². The molecule has 1 amide bonds. The molecule has 1 unspecified atom stereocenters. The van der Waals surface area contributed by atoms with E-state index in [-0.39, 0.29) is 10.8 Å². The topological polar surface area (TPSA) is 152 Å². The molecule has 0 aliphatic carbocycles. The summed E-state index contributed by atoms with van der Waals surface area (Å²) in [5.74, 6) is -7.85. The van der Waals surface area contributed by atoms with Gasteiger partial charge in [-0.1, -0.05) is 6.07 Å². The summed E-state index contributed by atoms with van der Waals surface area (Å²) in [5, 5.41) is 21.4. The molecule has 5 heterocycles. The maximum atomic E-state index is 13.7. The highest BCUT2D eigenvalue weighted by molar-refractivity contribution is 7.11. The number of carboxylic acids is 3. The number of likely N-dealkylation sites (tertiary alicyclic amines) is 3. The lowest BCUT2D eigenvalue weighted by Gasteiger charge is -2.47. The second-order valence-electron chi connectivity index (χ2n) is 12.2. The van der Waals surface area contributed by atoms with Crippen LogP contribution in [0.25, 0.3) is 0 Å². The van der Waals surface area contributed by atoms with E-state index in [9.17, 15) is 44.3 Å². The van der Waals surface area contributed by atoms with E-state index in [4.69, 9.17) is 29.7 Å². The second kappa shape index (κ2) is 17.7. The molecule has 3 saturated heterocycles. The number of fused-ring (bicyclic) bond motifs is 1. The summed E-state index contributed by atoms with van der Waals surface area (Å²) >= 11 is 1.91. The maximum Gasteiger partial charge on any atom is 0.490 e. The van der Waals surface area contributed by atoms with Crippen LogP contribution >= 0.6 is 11.3 Å². The van der Waals surface area contributed by atoms with E-state index < -0.39 is 36.4 Å². The van der Waals surface area contributed by atoms with Crippen molar-refractivity contribution in [1.29, 1.82) is 0 Å². The summed E-state index contributed by atoms with van der Waals surface area (Å²) in [6.45, 7) is 12.2. The summed E-state index contributed by atoms with van der Waals surface area (Å²) < 4.78 is 95.2. The normalized spacial score (nSPS) is 20.4. The van der Waals surface area contributed by atoms with Gasteiger partial charge < -0.3 is 20.2 Å². The molecule has 3 fully saturated rings. The van der Waals surface area contributed by atoms with E-state index in [2.05, 4.69) is 51.7 Å². The largest absolute Gasteiger partial charge is 0.490 e. The number of thiophene rings is 1. The number of carbonyl (C=O) groups excluding carboxylic acids is 1. The zero-order chi connectivity index (χ0) is 39.7. The molecule has 3 aliphatic heterocycles. The smallest absolute Gasteiger partial charge is 0.475 e. The van der Waals surface area contributed by atoms with Crippen LogP contribution < -0.4 is 0 Å². The van der Waals surface area contributed by atoms with Crippen LogP contribution in [-0.4, -0.2) is 117 Å². The third-order valence-electron chi connectivity index (χ3n) is 8.77. The number of aliphatic carboxylic acids is 3. The van der Waals surface area contributed by atoms with Crippen molar-refractivity contribution < 1.29 is 74.0 Å². The Balaban J connectivity index is 0.000000365. The number of alkyl halides is 9. The van der Waals surface area contributed by atoms with Crippen LogP contribution in [0, 0.1) is 17.8 Å². The van der Waals surface area contributed by atoms with Crippen molar-refractivity contribution in [1.82, 2.24) is 19.7 Å². The fraction of sp³-hybridized carbons (Fsp3) is 0.581. The molecule has 3 N–H and O–H groups in total. The van der Waals surface area contributed by atoms with Crippen LogP contribution in [-0.2, 0) is 32.3 Å². The predicted molar refractivity (Wildman–Crippen MR) is 166 cm³/mol. The Kier molecular flexibility index (Phi) is 15.0. The number of rotatable bonds is 5. The number of nitrogens with zero attached hydrogens (tertiary/aromatic N) is 4. The summed E-state index contributed by atoms with van der Waals surface area (Å²) in [6.07, 6.45) is -8.17. The van der Waals surface area contributed by atoms with Gasteiger partial charge in [0, 0.05) is 66.8 Å². The van der Waals surface area contributed by atoms with E-state index in [0.29, 0.717) is 5.91 Å². The highest BCUT2D eigenvalue weighted by Crippen LogP contribution is 2.58. The molecule has 21 heteroatoms. The number of carbonyl (C=O) groups is 4. The number of hydrogen-bond donors (Lipinski definition) is 3. The number of carboxylic acid groups (broad SMARTS) is 3. The van der Waals surface area contributed by atoms with E-state index in [0.717, 1.165) is 71.6 Å². The molecule has 2 aromatic heterocycles. The van der Waals surface area contributed by atoms with E-state index in [1.807, 2.05) is 29.8 Å². The molecule has 2 aromatic rings. The molecule has 3 aliphatic rings. The Morgan fingerprint density at radius 2 is 1.31 bits per heavy atom. The molecule has 5 rings (SSSR count). The van der Waals surface area contributed by atoms with E-state index in [1.54, 1.807) is 0 Å². The quantitative estimate of drug-likeness (QED) is 0.323. The minimum atomic E-state index is -5.08. The lowest BCUT2D eigenvalue weighted by atomic mass is 9.60. The average molecular weight is 781 g/mol. The minimum Gasteiger partial charge on any atom is -0.475 e. The highest BCUT2D eigenvalue weighted by Gasteiger charge is 2.64. The van der Waals surface area contributed by atoms with Crippen LogP contribution in [0.2, 0.25) is 0 Å². The molecule has 2 spiro atoms. The monoisotopic (exact) mass is 780 g/mol. The number of aryl methyl sites for hydroxylation is 1. The molecular formula is C31H37F9N4O7S. The molecule has 0 saturated carbocycles. The van der Waals surface area contributed by atoms with E-state index in [1.165, 1.54) is 15.3 Å². The van der Waals surface area contributed by atoms with Gasteiger partial charge in [0.25, 0.3) is 0 Å². The molecule has 0 aromatic carbocycles. The van der Waals surface area contributed by atoms with Crippen molar-refractivity contribution in [3.63, 3.8) is 0 Å². The second-order valence-corrected chi connectivity index (χ2v) is 13.6. The molecular weight excluding hydrogens is 743 g/mol. The number of aromatic nitrogens is 1. The van der Waals surface area contributed by atoms with Gasteiger partial charge in [0.05, 0.1) is 5.41 Å². The zero-order valence-corrected chi connectivity index (χ0v) is 28.6. The lowest BCUT2D eigenvalue weighted by molar-refractivity contribution is -0.193. The van der Waals surface area contributed by atoms with Gasteiger partial charge in [0.1, 0.15) is 0 Å². The molecule has 0 radical (unpaired) electrons. The lowest BCUT2D eigenvalue weighted by Crippen LogP contribution is -2.52. The first-order valence-corrected chi connectivity index (χ1v) is 16.3. The van der Waals surface area contributed by atoms with Crippen molar-refractivity contribution >= 4 is 35.2 Å². The van der Waals surface area contributed by atoms with Gasteiger partial charge in [-0.2, -0.15) is 39.5 Å². The van der Waals surface area contributed by atoms with Gasteiger partial charge in [0.2, 0.25) is 5.91 Å². The number of halogens is 9. The van der Waals surface area contributed by atoms with Crippen molar-refractivity contribution in [3.05, 3.63) is 52.0 Å². The molecule has 1 atom stereocenters. The van der Waals surface area contributed by atoms with Crippen LogP contribution in [0.4, 0.5) is 39.5 Å². The van der Waals surface area contributed by atoms with Crippen molar-refractivity contribution in [2.24, 2.45) is 10.8 Å². The summed E-state index contributed by atoms with van der Waals surface area (Å²) in [6, 6.07) is 8.67. The molecule has 52 heavy (non-hydrogen) atoms. The average Bonchev–Trinajstić information content (AvgIpc) is 3.69. The Labute approximate surface area is 295 Å². The number of pyridine rings is 1. The fourth-order valence-electron chi connectivity index (χ4n) is 6.39. The van der Waals surface area contributed by atoms with Gasteiger partial charge >= 0.3 is 36.4 Å². The Hall–Kier alpha value is -3.98. The Morgan fingerprint density at radius 3 is 1.69 bits per heavy atom. The van der Waals surface area contributed by atoms with Gasteiger partial charge in [-0.05, 0) is 70.0 Å². The minimum absolute atomic E-state index is 0.109.